The molecule has 7 heteroatoms. The SMILES string of the molecule is CCOC(=O)Nc1cc(O)c(Br)c(=O)o1. The Balaban J connectivity index is 2.88. The molecule has 0 aliphatic heterocycles. The molecule has 0 radical (unpaired) electrons. The number of hydrogen-bond acceptors (Lipinski definition) is 5. The second-order valence-electron chi connectivity index (χ2n) is 2.44. The van der Waals surface area contributed by atoms with Crippen molar-refractivity contribution in [2.75, 3.05) is 11.9 Å². The van der Waals surface area contributed by atoms with Crippen LogP contribution in [0.4, 0.5) is 10.7 Å². The summed E-state index contributed by atoms with van der Waals surface area (Å²) in [5.41, 5.74) is -0.790. The first-order valence-corrected chi connectivity index (χ1v) is 4.80. The fourth-order valence-electron chi connectivity index (χ4n) is 0.796. The third-order valence-corrected chi connectivity index (χ3v) is 2.11. The Kier molecular flexibility index (Phi) is 3.73. The van der Waals surface area contributed by atoms with Gasteiger partial charge in [-0.25, -0.2) is 9.59 Å². The van der Waals surface area contributed by atoms with Gasteiger partial charge in [0, 0.05) is 6.07 Å². The van der Waals surface area contributed by atoms with E-state index >= 15 is 0 Å². The minimum Gasteiger partial charge on any atom is -0.506 e. The molecule has 0 saturated heterocycles. The fraction of sp³-hybridized carbons (Fsp3) is 0.250. The maximum absolute atomic E-state index is 11.0. The van der Waals surface area contributed by atoms with Gasteiger partial charge < -0.3 is 14.3 Å². The molecule has 0 aliphatic carbocycles. The van der Waals surface area contributed by atoms with E-state index in [2.05, 4.69) is 30.4 Å². The summed E-state index contributed by atoms with van der Waals surface area (Å²) in [4.78, 5) is 22.0. The van der Waals surface area contributed by atoms with Gasteiger partial charge >= 0.3 is 11.7 Å². The van der Waals surface area contributed by atoms with Crippen LogP contribution in [0, 0.1) is 0 Å². The number of ether oxygens (including phenoxy) is 1. The molecule has 0 aromatic carbocycles. The summed E-state index contributed by atoms with van der Waals surface area (Å²) >= 11 is 2.81. The molecule has 1 aromatic heterocycles. The Hall–Kier alpha value is -1.50. The van der Waals surface area contributed by atoms with Gasteiger partial charge in [-0.3, -0.25) is 5.32 Å². The average Bonchev–Trinajstić information content (AvgIpc) is 2.14. The summed E-state index contributed by atoms with van der Waals surface area (Å²) < 4.78 is 9.08. The van der Waals surface area contributed by atoms with Crippen molar-refractivity contribution in [1.82, 2.24) is 0 Å². The highest BCUT2D eigenvalue weighted by Gasteiger charge is 2.10. The molecule has 0 aliphatic rings. The number of amides is 1. The van der Waals surface area contributed by atoms with Gasteiger partial charge in [0.05, 0.1) is 6.61 Å². The average molecular weight is 278 g/mol. The Morgan fingerprint density at radius 2 is 2.40 bits per heavy atom. The van der Waals surface area contributed by atoms with E-state index in [0.29, 0.717) is 0 Å². The van der Waals surface area contributed by atoms with Gasteiger partial charge in [-0.1, -0.05) is 0 Å². The van der Waals surface area contributed by atoms with Gasteiger partial charge in [0.15, 0.2) is 0 Å². The van der Waals surface area contributed by atoms with Crippen LogP contribution in [0.5, 0.6) is 5.75 Å². The van der Waals surface area contributed by atoms with Crippen molar-refractivity contribution in [3.05, 3.63) is 21.0 Å². The lowest BCUT2D eigenvalue weighted by molar-refractivity contribution is 0.167. The molecule has 1 rings (SSSR count). The van der Waals surface area contributed by atoms with Crippen LogP contribution in [0.3, 0.4) is 0 Å². The molecular formula is C8H8BrNO5. The van der Waals surface area contributed by atoms with E-state index in [4.69, 9.17) is 0 Å². The second-order valence-corrected chi connectivity index (χ2v) is 3.24. The summed E-state index contributed by atoms with van der Waals surface area (Å²) in [5.74, 6) is -0.503. The van der Waals surface area contributed by atoms with E-state index in [9.17, 15) is 14.7 Å². The highest BCUT2D eigenvalue weighted by Crippen LogP contribution is 2.22. The Bertz CT molecular complexity index is 428. The first-order valence-electron chi connectivity index (χ1n) is 4.01. The lowest BCUT2D eigenvalue weighted by Crippen LogP contribution is -2.14. The van der Waals surface area contributed by atoms with Crippen molar-refractivity contribution >= 4 is 27.9 Å². The summed E-state index contributed by atoms with van der Waals surface area (Å²) in [6, 6.07) is 1.09. The summed E-state index contributed by atoms with van der Waals surface area (Å²) in [6.45, 7) is 1.83. The fourth-order valence-corrected chi connectivity index (χ4v) is 0.991. The first-order chi connectivity index (χ1) is 7.04. The van der Waals surface area contributed by atoms with Gasteiger partial charge in [-0.05, 0) is 22.9 Å². The van der Waals surface area contributed by atoms with Crippen molar-refractivity contribution < 1.29 is 19.1 Å². The molecule has 1 amide bonds. The number of nitrogens with one attached hydrogen (secondary N) is 1. The van der Waals surface area contributed by atoms with Crippen LogP contribution in [0.25, 0.3) is 0 Å². The quantitative estimate of drug-likeness (QED) is 0.859. The highest BCUT2D eigenvalue weighted by atomic mass is 79.9. The summed E-state index contributed by atoms with van der Waals surface area (Å²) in [5, 5.41) is 11.4. The van der Waals surface area contributed by atoms with E-state index in [1.165, 1.54) is 0 Å². The minimum absolute atomic E-state index is 0.100. The molecule has 0 atom stereocenters. The number of halogens is 1. The van der Waals surface area contributed by atoms with Gasteiger partial charge in [-0.2, -0.15) is 0 Å². The predicted octanol–water partition coefficient (Wildman–Crippen LogP) is 1.68. The molecule has 82 valence electrons. The standard InChI is InChI=1S/C8H8BrNO5/c1-2-14-8(13)10-5-3-4(11)6(9)7(12)15-5/h3,11H,2H2,1H3,(H,10,13). The number of carbonyl (C=O) groups excluding carboxylic acids is 1. The minimum atomic E-state index is -0.790. The van der Waals surface area contributed by atoms with E-state index in [-0.39, 0.29) is 22.7 Å². The van der Waals surface area contributed by atoms with Crippen LogP contribution < -0.4 is 10.9 Å². The lowest BCUT2D eigenvalue weighted by atomic mass is 10.4. The number of hydrogen-bond donors (Lipinski definition) is 2. The smallest absolute Gasteiger partial charge is 0.413 e. The second kappa shape index (κ2) is 4.83. The van der Waals surface area contributed by atoms with Crippen molar-refractivity contribution in [2.24, 2.45) is 0 Å². The zero-order valence-electron chi connectivity index (χ0n) is 7.74. The predicted molar refractivity (Wildman–Crippen MR) is 55.0 cm³/mol. The molecule has 0 spiro atoms. The monoisotopic (exact) mass is 277 g/mol. The lowest BCUT2D eigenvalue weighted by Gasteiger charge is -2.04. The molecule has 0 saturated carbocycles. The van der Waals surface area contributed by atoms with Crippen LogP contribution in [-0.4, -0.2) is 17.8 Å². The third kappa shape index (κ3) is 2.98. The van der Waals surface area contributed by atoms with Gasteiger partial charge in [0.1, 0.15) is 10.2 Å². The molecule has 6 nitrogen and oxygen atoms in total. The number of anilines is 1. The highest BCUT2D eigenvalue weighted by molar-refractivity contribution is 9.10. The van der Waals surface area contributed by atoms with E-state index < -0.39 is 11.7 Å². The van der Waals surface area contributed by atoms with Gasteiger partial charge in [0.2, 0.25) is 5.88 Å². The van der Waals surface area contributed by atoms with E-state index in [0.717, 1.165) is 6.07 Å². The van der Waals surface area contributed by atoms with Crippen molar-refractivity contribution in [3.63, 3.8) is 0 Å². The van der Waals surface area contributed by atoms with Crippen LogP contribution in [-0.2, 0) is 4.74 Å². The van der Waals surface area contributed by atoms with Crippen LogP contribution in [0.2, 0.25) is 0 Å². The van der Waals surface area contributed by atoms with E-state index in [1.807, 2.05) is 0 Å². The number of carbonyl (C=O) groups is 1. The Labute approximate surface area is 93.0 Å². The zero-order chi connectivity index (χ0) is 11.4. The summed E-state index contributed by atoms with van der Waals surface area (Å²) in [7, 11) is 0. The number of rotatable bonds is 2. The van der Waals surface area contributed by atoms with Crippen molar-refractivity contribution in [3.8, 4) is 5.75 Å². The first kappa shape index (κ1) is 11.6. The van der Waals surface area contributed by atoms with Gasteiger partial charge in [-0.15, -0.1) is 0 Å². The molecule has 0 unspecified atom stereocenters. The maximum Gasteiger partial charge on any atom is 0.413 e. The molecule has 0 bridgehead atoms. The Morgan fingerprint density at radius 3 is 2.93 bits per heavy atom. The molecule has 1 heterocycles. The summed E-state index contributed by atoms with van der Waals surface area (Å²) in [6.07, 6.45) is -0.762. The van der Waals surface area contributed by atoms with E-state index in [1.54, 1.807) is 6.92 Å². The van der Waals surface area contributed by atoms with Gasteiger partial charge in [0.25, 0.3) is 0 Å². The topological polar surface area (TPSA) is 88.8 Å². The zero-order valence-corrected chi connectivity index (χ0v) is 9.33. The number of aromatic hydroxyl groups is 1. The molecule has 15 heavy (non-hydrogen) atoms. The van der Waals surface area contributed by atoms with Crippen molar-refractivity contribution in [1.29, 1.82) is 0 Å². The molecule has 2 N–H and O–H groups in total. The van der Waals surface area contributed by atoms with Crippen LogP contribution in [0.15, 0.2) is 19.8 Å². The molecule has 0 fully saturated rings. The largest absolute Gasteiger partial charge is 0.506 e. The van der Waals surface area contributed by atoms with Crippen LogP contribution >= 0.6 is 15.9 Å². The third-order valence-electron chi connectivity index (χ3n) is 1.38. The molecular weight excluding hydrogens is 270 g/mol. The van der Waals surface area contributed by atoms with Crippen molar-refractivity contribution in [2.45, 2.75) is 6.92 Å². The Morgan fingerprint density at radius 1 is 1.73 bits per heavy atom. The molecule has 1 aromatic rings. The van der Waals surface area contributed by atoms with Crippen LogP contribution in [0.1, 0.15) is 6.92 Å². The maximum atomic E-state index is 11.0. The normalized spacial score (nSPS) is 9.73.